The van der Waals surface area contributed by atoms with E-state index in [-0.39, 0.29) is 41.0 Å². The molecule has 4 unspecified atom stereocenters. The number of aromatic hydroxyl groups is 1. The number of allylic oxidation sites excluding steroid dienone is 2. The van der Waals surface area contributed by atoms with Crippen LogP contribution in [-0.4, -0.2) is 77.3 Å². The van der Waals surface area contributed by atoms with Gasteiger partial charge in [-0.2, -0.15) is 10.3 Å². The third kappa shape index (κ3) is 5.15. The Hall–Kier alpha value is -4.28. The first-order chi connectivity index (χ1) is 21.8. The fourth-order valence-corrected chi connectivity index (χ4v) is 7.84. The molecule has 7 nitrogen and oxygen atoms in total. The van der Waals surface area contributed by atoms with Gasteiger partial charge >= 0.3 is 6.02 Å². The molecule has 0 aromatic heterocycles. The number of ether oxygens (including phenoxy) is 1. The quantitative estimate of drug-likeness (QED) is 0.437. The lowest BCUT2D eigenvalue weighted by molar-refractivity contribution is 0.105. The zero-order chi connectivity index (χ0) is 31.3. The topological polar surface area (TPSA) is 84.5 Å². The average molecular weight is 614 g/mol. The maximum absolute atomic E-state index is 16.8. The van der Waals surface area contributed by atoms with E-state index < -0.39 is 35.3 Å². The second-order valence-electron chi connectivity index (χ2n) is 12.7. The number of amidine groups is 2. The minimum atomic E-state index is -1.03. The van der Waals surface area contributed by atoms with Gasteiger partial charge in [-0.3, -0.25) is 4.90 Å². The predicted molar refractivity (Wildman–Crippen MR) is 166 cm³/mol. The molecule has 7 rings (SSSR count). The number of nitrogens with zero attached hydrogens (tertiary/aromatic N) is 5. The molecule has 0 saturated carbocycles. The van der Waals surface area contributed by atoms with Gasteiger partial charge in [0.05, 0.1) is 23.1 Å². The summed E-state index contributed by atoms with van der Waals surface area (Å²) in [7, 11) is 0. The fraction of sp³-hybridized carbons (Fsp3) is 0.457. The van der Waals surface area contributed by atoms with Crippen molar-refractivity contribution >= 4 is 28.2 Å². The van der Waals surface area contributed by atoms with Gasteiger partial charge < -0.3 is 14.7 Å². The molecule has 0 bridgehead atoms. The average Bonchev–Trinajstić information content (AvgIpc) is 3.44. The summed E-state index contributed by atoms with van der Waals surface area (Å²) in [6.07, 6.45) is 12.6. The lowest BCUT2D eigenvalue weighted by atomic mass is 9.84. The molecule has 4 heterocycles. The number of terminal acetylenes is 1. The van der Waals surface area contributed by atoms with E-state index in [0.717, 1.165) is 32.2 Å². The summed E-state index contributed by atoms with van der Waals surface area (Å²) in [6, 6.07) is 6.97. The highest BCUT2D eigenvalue weighted by atomic mass is 19.1. The number of nitriles is 1. The van der Waals surface area contributed by atoms with E-state index in [2.05, 4.69) is 26.8 Å². The Labute approximate surface area is 260 Å². The summed E-state index contributed by atoms with van der Waals surface area (Å²) in [5, 5.41) is 20.9. The van der Waals surface area contributed by atoms with Crippen molar-refractivity contribution in [3.8, 4) is 24.2 Å². The van der Waals surface area contributed by atoms with Gasteiger partial charge in [-0.1, -0.05) is 24.1 Å². The highest BCUT2D eigenvalue weighted by molar-refractivity contribution is 6.04. The smallest absolute Gasteiger partial charge is 0.314 e. The molecule has 4 aliphatic heterocycles. The Balaban J connectivity index is 1.29. The Kier molecular flexibility index (Phi) is 7.57. The van der Waals surface area contributed by atoms with Crippen molar-refractivity contribution in [2.75, 3.05) is 32.8 Å². The van der Waals surface area contributed by atoms with Crippen LogP contribution in [0.2, 0.25) is 0 Å². The van der Waals surface area contributed by atoms with Crippen LogP contribution in [0, 0.1) is 41.3 Å². The predicted octanol–water partition coefficient (Wildman–Crippen LogP) is 5.89. The van der Waals surface area contributed by atoms with Crippen LogP contribution in [0.1, 0.15) is 49.7 Å². The molecule has 0 amide bonds. The second-order valence-corrected chi connectivity index (χ2v) is 12.7. The number of aliphatic imine (C=N–C) groups is 2. The summed E-state index contributed by atoms with van der Waals surface area (Å²) >= 11 is 0. The van der Waals surface area contributed by atoms with E-state index in [9.17, 15) is 19.1 Å². The van der Waals surface area contributed by atoms with Gasteiger partial charge in [0.2, 0.25) is 0 Å². The molecule has 2 aromatic carbocycles. The van der Waals surface area contributed by atoms with E-state index in [0.29, 0.717) is 49.1 Å². The number of hydrogen-bond acceptors (Lipinski definition) is 7. The van der Waals surface area contributed by atoms with Crippen molar-refractivity contribution in [3.05, 3.63) is 59.2 Å². The van der Waals surface area contributed by atoms with E-state index in [1.807, 2.05) is 6.08 Å². The zero-order valence-corrected chi connectivity index (χ0v) is 24.9. The molecule has 232 valence electrons. The van der Waals surface area contributed by atoms with Gasteiger partial charge in [0, 0.05) is 42.9 Å². The molecular weight excluding hydrogens is 579 g/mol. The fourth-order valence-electron chi connectivity index (χ4n) is 7.84. The van der Waals surface area contributed by atoms with Gasteiger partial charge in [0.15, 0.2) is 0 Å². The summed E-state index contributed by atoms with van der Waals surface area (Å²) < 4.78 is 52.4. The van der Waals surface area contributed by atoms with Gasteiger partial charge in [0.1, 0.15) is 42.0 Å². The number of rotatable bonds is 3. The molecule has 45 heavy (non-hydrogen) atoms. The molecule has 1 N–H and O–H groups in total. The number of alkyl halides is 1. The standard InChI is InChI=1S/C35H34F3N5O2/c1-2-25-29(37)9-6-22-15-24(44)16-28(30(22)25)26-7-8-27-32(31(26)38)40-34(41-33(27)42-12-3-5-21(18-39)10-14-42)45-20-35-11-4-13-43(35)19-23(36)17-35/h1,6-9,15-16,21,23,27,32,44H,3-5,10-14,17,19-20H2/t21?,23-,27?,32?,35?/m1/s1. The van der Waals surface area contributed by atoms with Crippen molar-refractivity contribution in [1.82, 2.24) is 9.80 Å². The third-order valence-electron chi connectivity index (χ3n) is 10.0. The highest BCUT2D eigenvalue weighted by Crippen LogP contribution is 2.43. The van der Waals surface area contributed by atoms with E-state index in [4.69, 9.17) is 16.2 Å². The first-order valence-electron chi connectivity index (χ1n) is 15.6. The minimum absolute atomic E-state index is 0.0172. The molecule has 5 aliphatic rings. The van der Waals surface area contributed by atoms with E-state index >= 15 is 4.39 Å². The Morgan fingerprint density at radius 1 is 1.16 bits per heavy atom. The lowest BCUT2D eigenvalue weighted by Gasteiger charge is -2.36. The van der Waals surface area contributed by atoms with Crippen LogP contribution < -0.4 is 0 Å². The molecule has 5 atom stereocenters. The van der Waals surface area contributed by atoms with Gasteiger partial charge in [-0.15, -0.1) is 6.42 Å². The minimum Gasteiger partial charge on any atom is -0.508 e. The van der Waals surface area contributed by atoms with E-state index in [1.165, 1.54) is 24.3 Å². The Bertz CT molecular complexity index is 1750. The Morgan fingerprint density at radius 2 is 2.02 bits per heavy atom. The van der Waals surface area contributed by atoms with Crippen LogP contribution in [0.3, 0.4) is 0 Å². The van der Waals surface area contributed by atoms with Crippen molar-refractivity contribution in [1.29, 1.82) is 5.26 Å². The van der Waals surface area contributed by atoms with Crippen molar-refractivity contribution in [2.45, 2.75) is 56.3 Å². The molecule has 0 radical (unpaired) electrons. The maximum atomic E-state index is 16.8. The van der Waals surface area contributed by atoms with Crippen LogP contribution in [0.25, 0.3) is 16.3 Å². The SMILES string of the molecule is C#Cc1c(F)ccc2cc(O)cc(C3=C(F)C4N=C(OCC56CCCN5C[C@H](F)C6)N=C(N5CCCC(C#N)CC5)C4C=C3)c12. The van der Waals surface area contributed by atoms with Crippen molar-refractivity contribution in [3.63, 3.8) is 0 Å². The number of benzene rings is 2. The summed E-state index contributed by atoms with van der Waals surface area (Å²) in [4.78, 5) is 13.7. The molecule has 3 fully saturated rings. The highest BCUT2D eigenvalue weighted by Gasteiger charge is 2.50. The van der Waals surface area contributed by atoms with Gasteiger partial charge in [-0.05, 0) is 67.8 Å². The zero-order valence-electron chi connectivity index (χ0n) is 24.9. The molecule has 0 spiro atoms. The van der Waals surface area contributed by atoms with E-state index in [1.54, 1.807) is 6.08 Å². The normalized spacial score (nSPS) is 29.8. The third-order valence-corrected chi connectivity index (χ3v) is 10.0. The monoisotopic (exact) mass is 613 g/mol. The molecular formula is C35H34F3N5O2. The number of halogens is 3. The van der Waals surface area contributed by atoms with Crippen molar-refractivity contribution < 1.29 is 23.0 Å². The maximum Gasteiger partial charge on any atom is 0.314 e. The van der Waals surface area contributed by atoms with Crippen LogP contribution in [0.4, 0.5) is 13.2 Å². The number of phenolic OH excluding ortho intramolecular Hbond substituents is 1. The first-order valence-corrected chi connectivity index (χ1v) is 15.6. The second kappa shape index (κ2) is 11.6. The van der Waals surface area contributed by atoms with Crippen LogP contribution >= 0.6 is 0 Å². The summed E-state index contributed by atoms with van der Waals surface area (Å²) in [6.45, 7) is 2.64. The number of fused-ring (bicyclic) bond motifs is 3. The largest absolute Gasteiger partial charge is 0.508 e. The number of hydrogen-bond donors (Lipinski definition) is 1. The first kappa shape index (κ1) is 29.4. The summed E-state index contributed by atoms with van der Waals surface area (Å²) in [5.41, 5.74) is -0.0465. The number of likely N-dealkylation sites (tertiary alicyclic amines) is 1. The number of phenols is 1. The molecule has 2 aromatic rings. The molecule has 3 saturated heterocycles. The Morgan fingerprint density at radius 3 is 2.84 bits per heavy atom. The summed E-state index contributed by atoms with van der Waals surface area (Å²) in [5.74, 6) is 1.10. The van der Waals surface area contributed by atoms with Crippen molar-refractivity contribution in [2.24, 2.45) is 21.8 Å². The van der Waals surface area contributed by atoms with Crippen LogP contribution in [-0.2, 0) is 4.74 Å². The van der Waals surface area contributed by atoms with Crippen LogP contribution in [0.5, 0.6) is 5.75 Å². The molecule has 1 aliphatic carbocycles. The van der Waals surface area contributed by atoms with Gasteiger partial charge in [0.25, 0.3) is 0 Å². The van der Waals surface area contributed by atoms with Gasteiger partial charge in [-0.25, -0.2) is 18.2 Å². The van der Waals surface area contributed by atoms with Crippen LogP contribution in [0.15, 0.2) is 52.2 Å². The lowest BCUT2D eigenvalue weighted by Crippen LogP contribution is -2.46. The molecule has 10 heteroatoms.